The molecule has 0 saturated heterocycles. The maximum absolute atomic E-state index is 9.55. The van der Waals surface area contributed by atoms with Crippen molar-refractivity contribution in [3.63, 3.8) is 0 Å². The Morgan fingerprint density at radius 2 is 1.94 bits per heavy atom. The molecule has 98 valence electrons. The second kappa shape index (κ2) is 7.86. The molecular weight excluding hydrogens is 224 g/mol. The smallest absolute Gasteiger partial charge is 0.134 e. The van der Waals surface area contributed by atoms with E-state index in [1.165, 1.54) is 0 Å². The number of hydrogen-bond donors (Lipinski definition) is 1. The van der Waals surface area contributed by atoms with Crippen molar-refractivity contribution in [2.24, 2.45) is 0 Å². The van der Waals surface area contributed by atoms with E-state index in [-0.39, 0.29) is 0 Å². The summed E-state index contributed by atoms with van der Waals surface area (Å²) in [6.07, 6.45) is 1.67. The lowest BCUT2D eigenvalue weighted by Crippen LogP contribution is -2.42. The van der Waals surface area contributed by atoms with Gasteiger partial charge in [0.15, 0.2) is 0 Å². The van der Waals surface area contributed by atoms with E-state index < -0.39 is 5.54 Å². The van der Waals surface area contributed by atoms with Crippen LogP contribution >= 0.6 is 0 Å². The van der Waals surface area contributed by atoms with Crippen molar-refractivity contribution in [3.05, 3.63) is 35.9 Å². The molecule has 0 aromatic heterocycles. The number of ether oxygens (including phenoxy) is 1. The first-order chi connectivity index (χ1) is 8.79. The molecule has 0 amide bonds. The van der Waals surface area contributed by atoms with E-state index in [9.17, 15) is 5.26 Å². The largest absolute Gasteiger partial charge is 0.381 e. The lowest BCUT2D eigenvalue weighted by atomic mass is 9.88. The Labute approximate surface area is 110 Å². The summed E-state index contributed by atoms with van der Waals surface area (Å²) < 4.78 is 5.52. The number of nitrogens with one attached hydrogen (secondary N) is 1. The van der Waals surface area contributed by atoms with E-state index in [1.54, 1.807) is 0 Å². The fraction of sp³-hybridized carbons (Fsp3) is 0.533. The highest BCUT2D eigenvalue weighted by Crippen LogP contribution is 2.24. The highest BCUT2D eigenvalue weighted by Gasteiger charge is 2.30. The summed E-state index contributed by atoms with van der Waals surface area (Å²) in [5.74, 6) is 0. The van der Waals surface area contributed by atoms with Gasteiger partial charge in [-0.3, -0.25) is 5.32 Å². The van der Waals surface area contributed by atoms with E-state index in [0.29, 0.717) is 13.0 Å². The second-order valence-electron chi connectivity index (χ2n) is 4.28. The zero-order chi connectivity index (χ0) is 13.3. The van der Waals surface area contributed by atoms with Crippen LogP contribution in [0.4, 0.5) is 0 Å². The Kier molecular flexibility index (Phi) is 6.42. The molecule has 1 aromatic carbocycles. The molecule has 0 aliphatic heterocycles. The van der Waals surface area contributed by atoms with E-state index in [1.807, 2.05) is 37.3 Å². The Hall–Kier alpha value is -1.37. The Bertz CT molecular complexity index is 372. The third-order valence-corrected chi connectivity index (χ3v) is 2.91. The van der Waals surface area contributed by atoms with Crippen molar-refractivity contribution >= 4 is 0 Å². The molecule has 0 spiro atoms. The van der Waals surface area contributed by atoms with Gasteiger partial charge in [0, 0.05) is 19.6 Å². The minimum atomic E-state index is -0.635. The highest BCUT2D eigenvalue weighted by molar-refractivity contribution is 5.31. The summed E-state index contributed by atoms with van der Waals surface area (Å²) in [4.78, 5) is 0. The van der Waals surface area contributed by atoms with Crippen molar-refractivity contribution in [2.45, 2.75) is 32.2 Å². The predicted octanol–water partition coefficient (Wildman–Crippen LogP) is 2.83. The summed E-state index contributed by atoms with van der Waals surface area (Å²) in [6.45, 7) is 6.21. The molecule has 1 atom stereocenters. The van der Waals surface area contributed by atoms with Crippen LogP contribution in [0.3, 0.4) is 0 Å². The van der Waals surface area contributed by atoms with Gasteiger partial charge in [0.2, 0.25) is 0 Å². The van der Waals surface area contributed by atoms with Gasteiger partial charge in [0.25, 0.3) is 0 Å². The predicted molar refractivity (Wildman–Crippen MR) is 73.1 cm³/mol. The van der Waals surface area contributed by atoms with Gasteiger partial charge in [0.05, 0.1) is 6.07 Å². The Morgan fingerprint density at radius 3 is 2.50 bits per heavy atom. The van der Waals surface area contributed by atoms with Crippen LogP contribution in [0.1, 0.15) is 32.3 Å². The SMILES string of the molecule is CCCOCCC(C#N)(NCC)c1ccccc1. The van der Waals surface area contributed by atoms with Crippen LogP contribution < -0.4 is 5.32 Å². The fourth-order valence-electron chi connectivity index (χ4n) is 1.99. The van der Waals surface area contributed by atoms with Crippen LogP contribution in [0.15, 0.2) is 30.3 Å². The van der Waals surface area contributed by atoms with Crippen LogP contribution in [-0.2, 0) is 10.3 Å². The molecule has 1 rings (SSSR count). The van der Waals surface area contributed by atoms with Gasteiger partial charge in [-0.25, -0.2) is 0 Å². The summed E-state index contributed by atoms with van der Waals surface area (Å²) >= 11 is 0. The molecule has 0 radical (unpaired) electrons. The van der Waals surface area contributed by atoms with Crippen molar-refractivity contribution in [2.75, 3.05) is 19.8 Å². The monoisotopic (exact) mass is 246 g/mol. The van der Waals surface area contributed by atoms with Crippen LogP contribution in [0, 0.1) is 11.3 Å². The number of hydrogen-bond acceptors (Lipinski definition) is 3. The van der Waals surface area contributed by atoms with Gasteiger partial charge < -0.3 is 4.74 Å². The summed E-state index contributed by atoms with van der Waals surface area (Å²) in [5.41, 5.74) is 0.374. The van der Waals surface area contributed by atoms with Crippen LogP contribution in [0.5, 0.6) is 0 Å². The third kappa shape index (κ3) is 3.83. The zero-order valence-corrected chi connectivity index (χ0v) is 11.3. The lowest BCUT2D eigenvalue weighted by Gasteiger charge is -2.28. The molecule has 0 bridgehead atoms. The maximum Gasteiger partial charge on any atom is 0.134 e. The van der Waals surface area contributed by atoms with Gasteiger partial charge in [-0.2, -0.15) is 5.26 Å². The van der Waals surface area contributed by atoms with Crippen LogP contribution in [0.2, 0.25) is 0 Å². The van der Waals surface area contributed by atoms with Crippen LogP contribution in [-0.4, -0.2) is 19.8 Å². The third-order valence-electron chi connectivity index (χ3n) is 2.91. The molecule has 1 N–H and O–H groups in total. The van der Waals surface area contributed by atoms with Gasteiger partial charge in [-0.05, 0) is 18.5 Å². The average Bonchev–Trinajstić information content (AvgIpc) is 2.43. The number of benzene rings is 1. The lowest BCUT2D eigenvalue weighted by molar-refractivity contribution is 0.116. The van der Waals surface area contributed by atoms with Gasteiger partial charge in [-0.15, -0.1) is 0 Å². The molecule has 18 heavy (non-hydrogen) atoms. The number of rotatable bonds is 8. The first-order valence-electron chi connectivity index (χ1n) is 6.58. The molecule has 0 heterocycles. The minimum Gasteiger partial charge on any atom is -0.381 e. The van der Waals surface area contributed by atoms with E-state index in [2.05, 4.69) is 18.3 Å². The molecule has 0 fully saturated rings. The summed E-state index contributed by atoms with van der Waals surface area (Å²) in [7, 11) is 0. The molecule has 3 nitrogen and oxygen atoms in total. The number of nitriles is 1. The molecular formula is C15H22N2O. The zero-order valence-electron chi connectivity index (χ0n) is 11.3. The molecule has 0 aliphatic rings. The van der Waals surface area contributed by atoms with Crippen molar-refractivity contribution < 1.29 is 4.74 Å². The van der Waals surface area contributed by atoms with Gasteiger partial charge >= 0.3 is 0 Å². The highest BCUT2D eigenvalue weighted by atomic mass is 16.5. The van der Waals surface area contributed by atoms with Gasteiger partial charge in [-0.1, -0.05) is 44.2 Å². The molecule has 0 aliphatic carbocycles. The Morgan fingerprint density at radius 1 is 1.22 bits per heavy atom. The van der Waals surface area contributed by atoms with Gasteiger partial charge in [0.1, 0.15) is 5.54 Å². The topological polar surface area (TPSA) is 45.0 Å². The average molecular weight is 246 g/mol. The minimum absolute atomic E-state index is 0.600. The number of nitrogens with zero attached hydrogens (tertiary/aromatic N) is 1. The Balaban J connectivity index is 2.79. The summed E-state index contributed by atoms with van der Waals surface area (Å²) in [5, 5.41) is 12.8. The molecule has 0 saturated carbocycles. The van der Waals surface area contributed by atoms with E-state index in [0.717, 1.165) is 25.1 Å². The van der Waals surface area contributed by atoms with E-state index >= 15 is 0 Å². The van der Waals surface area contributed by atoms with E-state index in [4.69, 9.17) is 4.74 Å². The first kappa shape index (κ1) is 14.7. The fourth-order valence-corrected chi connectivity index (χ4v) is 1.99. The second-order valence-corrected chi connectivity index (χ2v) is 4.28. The first-order valence-corrected chi connectivity index (χ1v) is 6.58. The molecule has 1 aromatic rings. The van der Waals surface area contributed by atoms with Crippen molar-refractivity contribution in [1.29, 1.82) is 5.26 Å². The standard InChI is InChI=1S/C15H22N2O/c1-3-11-18-12-10-15(13-16,17-4-2)14-8-6-5-7-9-14/h5-9,17H,3-4,10-12H2,1-2H3. The molecule has 3 heteroatoms. The maximum atomic E-state index is 9.55. The quantitative estimate of drug-likeness (QED) is 0.717. The molecule has 1 unspecified atom stereocenters. The van der Waals surface area contributed by atoms with Crippen molar-refractivity contribution in [1.82, 2.24) is 5.32 Å². The van der Waals surface area contributed by atoms with Crippen molar-refractivity contribution in [3.8, 4) is 6.07 Å². The van der Waals surface area contributed by atoms with Crippen LogP contribution in [0.25, 0.3) is 0 Å². The summed E-state index contributed by atoms with van der Waals surface area (Å²) in [6, 6.07) is 12.3. The normalized spacial score (nSPS) is 13.8.